The average Bonchev–Trinajstić information content (AvgIpc) is 3.17. The number of benzene rings is 2. The van der Waals surface area contributed by atoms with E-state index >= 15 is 0 Å². The highest BCUT2D eigenvalue weighted by Crippen LogP contribution is 2.32. The summed E-state index contributed by atoms with van der Waals surface area (Å²) in [6.07, 6.45) is 1.76. The zero-order valence-corrected chi connectivity index (χ0v) is 18.9. The molecule has 3 N–H and O–H groups in total. The number of nitrogens with one attached hydrogen (secondary N) is 2. The monoisotopic (exact) mass is 454 g/mol. The van der Waals surface area contributed by atoms with Crippen LogP contribution in [0.2, 0.25) is 5.02 Å². The molecular formula is C24H27ClN4O3. The van der Waals surface area contributed by atoms with Crippen LogP contribution in [0.15, 0.2) is 48.7 Å². The molecule has 1 aliphatic rings. The average molecular weight is 455 g/mol. The van der Waals surface area contributed by atoms with Crippen molar-refractivity contribution in [1.29, 1.82) is 0 Å². The van der Waals surface area contributed by atoms with Gasteiger partial charge in [-0.15, -0.1) is 0 Å². The zero-order valence-electron chi connectivity index (χ0n) is 18.1. The summed E-state index contributed by atoms with van der Waals surface area (Å²) in [5.41, 5.74) is 3.26. The van der Waals surface area contributed by atoms with Crippen molar-refractivity contribution in [2.24, 2.45) is 5.92 Å². The minimum absolute atomic E-state index is 0.0582. The number of carboxylic acids is 1. The van der Waals surface area contributed by atoms with Crippen LogP contribution in [0.3, 0.4) is 0 Å². The topological polar surface area (TPSA) is 88.7 Å². The first-order chi connectivity index (χ1) is 15.3. The Morgan fingerprint density at radius 1 is 1.09 bits per heavy atom. The van der Waals surface area contributed by atoms with Gasteiger partial charge in [0.25, 0.3) is 0 Å². The third kappa shape index (κ3) is 4.59. The predicted molar refractivity (Wildman–Crippen MR) is 127 cm³/mol. The molecule has 3 aromatic rings. The van der Waals surface area contributed by atoms with Crippen molar-refractivity contribution in [3.63, 3.8) is 0 Å². The molecule has 0 aliphatic carbocycles. The molecule has 0 unspecified atom stereocenters. The maximum absolute atomic E-state index is 12.3. The van der Waals surface area contributed by atoms with Gasteiger partial charge in [0.05, 0.1) is 0 Å². The fourth-order valence-electron chi connectivity index (χ4n) is 4.14. The Kier molecular flexibility index (Phi) is 6.39. The molecule has 1 atom stereocenters. The van der Waals surface area contributed by atoms with Crippen LogP contribution < -0.4 is 10.2 Å². The van der Waals surface area contributed by atoms with Gasteiger partial charge in [-0.2, -0.15) is 0 Å². The molecule has 1 fully saturated rings. The molecule has 2 aromatic carbocycles. The molecule has 168 valence electrons. The molecule has 1 aromatic heterocycles. The van der Waals surface area contributed by atoms with E-state index in [2.05, 4.69) is 15.2 Å². The number of anilines is 2. The number of fused-ring (bicyclic) bond motifs is 1. The Labute approximate surface area is 192 Å². The fraction of sp³-hybridized carbons (Fsp3) is 0.333. The first-order valence-electron chi connectivity index (χ1n) is 10.7. The number of aliphatic carboxylic acids is 1. The van der Waals surface area contributed by atoms with Crippen LogP contribution in [0.5, 0.6) is 0 Å². The van der Waals surface area contributed by atoms with Gasteiger partial charge in [-0.25, -0.2) is 0 Å². The molecule has 7 nitrogen and oxygen atoms in total. The van der Waals surface area contributed by atoms with E-state index in [0.29, 0.717) is 23.8 Å². The summed E-state index contributed by atoms with van der Waals surface area (Å²) in [7, 11) is 0. The highest BCUT2D eigenvalue weighted by Gasteiger charge is 2.32. The number of hydrogen-bond donors (Lipinski definition) is 3. The number of aromatic nitrogens is 1. The van der Waals surface area contributed by atoms with Gasteiger partial charge in [-0.1, -0.05) is 37.6 Å². The van der Waals surface area contributed by atoms with Crippen LogP contribution in [0.25, 0.3) is 10.9 Å². The Morgan fingerprint density at radius 3 is 2.50 bits per heavy atom. The summed E-state index contributed by atoms with van der Waals surface area (Å²) in [5, 5.41) is 14.5. The number of halogens is 1. The maximum Gasteiger partial charge on any atom is 0.325 e. The number of aromatic amines is 1. The lowest BCUT2D eigenvalue weighted by molar-refractivity contribution is -0.143. The molecule has 0 spiro atoms. The number of rotatable bonds is 6. The molecule has 1 aliphatic heterocycles. The molecule has 8 heteroatoms. The van der Waals surface area contributed by atoms with Crippen LogP contribution >= 0.6 is 11.6 Å². The molecule has 1 saturated heterocycles. The second kappa shape index (κ2) is 9.22. The number of carbonyl (C=O) groups excluding carboxylic acids is 1. The van der Waals surface area contributed by atoms with Crippen molar-refractivity contribution >= 4 is 45.8 Å². The summed E-state index contributed by atoms with van der Waals surface area (Å²) in [4.78, 5) is 31.7. The summed E-state index contributed by atoms with van der Waals surface area (Å²) < 4.78 is 0. The van der Waals surface area contributed by atoms with Gasteiger partial charge in [-0.3, -0.25) is 14.5 Å². The number of nitrogens with zero attached hydrogens (tertiary/aromatic N) is 2. The summed E-state index contributed by atoms with van der Waals surface area (Å²) in [6.45, 7) is 6.36. The van der Waals surface area contributed by atoms with Crippen LogP contribution in [0, 0.1) is 5.92 Å². The lowest BCUT2D eigenvalue weighted by Gasteiger charge is -2.38. The molecule has 2 heterocycles. The van der Waals surface area contributed by atoms with E-state index < -0.39 is 12.0 Å². The first kappa shape index (κ1) is 22.2. The molecule has 0 bridgehead atoms. The SMILES string of the molecule is CC(C)C(=O)Nc1ccc2c([C@@H](C(=O)O)N3CCN(c4cccc(Cl)c4)CC3)c[nH]c2c1. The Bertz CT molecular complexity index is 1140. The Balaban J connectivity index is 1.53. The van der Waals surface area contributed by atoms with Crippen LogP contribution in [0.1, 0.15) is 25.5 Å². The fourth-order valence-corrected chi connectivity index (χ4v) is 4.32. The van der Waals surface area contributed by atoms with Gasteiger partial charge in [0.2, 0.25) is 5.91 Å². The van der Waals surface area contributed by atoms with Gasteiger partial charge in [0.1, 0.15) is 6.04 Å². The minimum atomic E-state index is -0.876. The highest BCUT2D eigenvalue weighted by molar-refractivity contribution is 6.30. The normalized spacial score (nSPS) is 15.8. The smallest absolute Gasteiger partial charge is 0.325 e. The Morgan fingerprint density at radius 2 is 1.84 bits per heavy atom. The van der Waals surface area contributed by atoms with Gasteiger partial charge >= 0.3 is 5.97 Å². The molecule has 32 heavy (non-hydrogen) atoms. The van der Waals surface area contributed by atoms with Crippen molar-refractivity contribution in [2.45, 2.75) is 19.9 Å². The third-order valence-electron chi connectivity index (χ3n) is 5.89. The van der Waals surface area contributed by atoms with Crippen molar-refractivity contribution in [3.05, 3.63) is 59.2 Å². The second-order valence-electron chi connectivity index (χ2n) is 8.39. The van der Waals surface area contributed by atoms with Gasteiger partial charge in [0, 0.05) is 71.2 Å². The predicted octanol–water partition coefficient (Wildman–Crippen LogP) is 4.36. The molecule has 1 amide bonds. The van der Waals surface area contributed by atoms with Crippen molar-refractivity contribution < 1.29 is 14.7 Å². The summed E-state index contributed by atoms with van der Waals surface area (Å²) in [5.74, 6) is -1.05. The lowest BCUT2D eigenvalue weighted by atomic mass is 10.0. The van der Waals surface area contributed by atoms with Crippen molar-refractivity contribution in [1.82, 2.24) is 9.88 Å². The van der Waals surface area contributed by atoms with Gasteiger partial charge in [-0.05, 0) is 30.3 Å². The summed E-state index contributed by atoms with van der Waals surface area (Å²) in [6, 6.07) is 12.5. The highest BCUT2D eigenvalue weighted by atomic mass is 35.5. The lowest BCUT2D eigenvalue weighted by Crippen LogP contribution is -2.49. The maximum atomic E-state index is 12.3. The zero-order chi connectivity index (χ0) is 22.8. The quantitative estimate of drug-likeness (QED) is 0.515. The van der Waals surface area contributed by atoms with E-state index in [1.165, 1.54) is 0 Å². The van der Waals surface area contributed by atoms with Crippen LogP contribution in [-0.2, 0) is 9.59 Å². The summed E-state index contributed by atoms with van der Waals surface area (Å²) >= 11 is 6.12. The minimum Gasteiger partial charge on any atom is -0.480 e. The molecular weight excluding hydrogens is 428 g/mol. The van der Waals surface area contributed by atoms with E-state index in [0.717, 1.165) is 35.2 Å². The number of carboxylic acid groups (broad SMARTS) is 1. The van der Waals surface area contributed by atoms with E-state index in [-0.39, 0.29) is 11.8 Å². The van der Waals surface area contributed by atoms with E-state index in [9.17, 15) is 14.7 Å². The largest absolute Gasteiger partial charge is 0.480 e. The van der Waals surface area contributed by atoms with Crippen molar-refractivity contribution in [3.8, 4) is 0 Å². The van der Waals surface area contributed by atoms with Gasteiger partial charge in [0.15, 0.2) is 0 Å². The van der Waals surface area contributed by atoms with E-state index in [1.54, 1.807) is 6.20 Å². The molecule has 0 saturated carbocycles. The first-order valence-corrected chi connectivity index (χ1v) is 11.1. The van der Waals surface area contributed by atoms with Gasteiger partial charge < -0.3 is 20.3 Å². The standard InChI is InChI=1S/C24H27ClN4O3/c1-15(2)23(30)27-17-6-7-19-20(14-26-21(19)13-17)22(24(31)32)29-10-8-28(9-11-29)18-5-3-4-16(25)12-18/h3-7,12-15,22,26H,8-11H2,1-2H3,(H,27,30)(H,31,32)/t22-/m0/s1. The number of piperazine rings is 1. The third-order valence-corrected chi connectivity index (χ3v) is 6.12. The molecule has 4 rings (SSSR count). The number of amides is 1. The second-order valence-corrected chi connectivity index (χ2v) is 8.83. The number of hydrogen-bond acceptors (Lipinski definition) is 4. The Hall–Kier alpha value is -3.03. The van der Waals surface area contributed by atoms with E-state index in [4.69, 9.17) is 11.6 Å². The van der Waals surface area contributed by atoms with Crippen LogP contribution in [0.4, 0.5) is 11.4 Å². The van der Waals surface area contributed by atoms with E-state index in [1.807, 2.05) is 61.2 Å². The van der Waals surface area contributed by atoms with Crippen LogP contribution in [-0.4, -0.2) is 53.0 Å². The number of carbonyl (C=O) groups is 2. The van der Waals surface area contributed by atoms with Crippen molar-refractivity contribution in [2.75, 3.05) is 36.4 Å². The number of H-pyrrole nitrogens is 1. The molecule has 0 radical (unpaired) electrons.